The van der Waals surface area contributed by atoms with Crippen LogP contribution in [0.3, 0.4) is 0 Å². The average molecular weight is 249 g/mol. The topological polar surface area (TPSA) is 49.3 Å². The minimum Gasteiger partial charge on any atom is -0.388 e. The zero-order valence-electron chi connectivity index (χ0n) is 11.7. The molecule has 0 aliphatic heterocycles. The van der Waals surface area contributed by atoms with Gasteiger partial charge in [-0.1, -0.05) is 17.7 Å². The Morgan fingerprint density at radius 1 is 1.28 bits per heavy atom. The predicted octanol–water partition coefficient (Wildman–Crippen LogP) is 2.56. The normalized spacial score (nSPS) is 12.3. The second kappa shape index (κ2) is 6.55. The standard InChI is InChI=1S/C15H23NO2/c1-10-8-11(2)15(12(3)9-10)13(17)6-5-7-14(18)16-4/h8-9,13,17H,5-7H2,1-4H3,(H,16,18). The molecule has 0 aromatic heterocycles. The van der Waals surface area contributed by atoms with E-state index >= 15 is 0 Å². The molecular weight excluding hydrogens is 226 g/mol. The monoisotopic (exact) mass is 249 g/mol. The average Bonchev–Trinajstić information content (AvgIpc) is 2.27. The molecule has 18 heavy (non-hydrogen) atoms. The Labute approximate surface area is 109 Å². The van der Waals surface area contributed by atoms with Crippen molar-refractivity contribution >= 4 is 5.91 Å². The quantitative estimate of drug-likeness (QED) is 0.842. The van der Waals surface area contributed by atoms with Gasteiger partial charge in [-0.3, -0.25) is 4.79 Å². The first-order chi connectivity index (χ1) is 8.45. The van der Waals surface area contributed by atoms with Gasteiger partial charge >= 0.3 is 0 Å². The van der Waals surface area contributed by atoms with E-state index < -0.39 is 6.10 Å². The van der Waals surface area contributed by atoms with Crippen molar-refractivity contribution in [3.8, 4) is 0 Å². The number of hydrogen-bond acceptors (Lipinski definition) is 2. The van der Waals surface area contributed by atoms with E-state index in [0.29, 0.717) is 19.3 Å². The number of benzene rings is 1. The summed E-state index contributed by atoms with van der Waals surface area (Å²) in [7, 11) is 1.63. The van der Waals surface area contributed by atoms with Crippen molar-refractivity contribution in [2.45, 2.75) is 46.1 Å². The van der Waals surface area contributed by atoms with Crippen molar-refractivity contribution in [3.05, 3.63) is 34.4 Å². The lowest BCUT2D eigenvalue weighted by Crippen LogP contribution is -2.17. The Bertz CT molecular complexity index is 403. The van der Waals surface area contributed by atoms with Crippen LogP contribution in [-0.4, -0.2) is 18.1 Å². The highest BCUT2D eigenvalue weighted by Gasteiger charge is 2.14. The van der Waals surface area contributed by atoms with Crippen LogP contribution in [0.1, 0.15) is 47.6 Å². The van der Waals surface area contributed by atoms with Gasteiger partial charge in [-0.25, -0.2) is 0 Å². The van der Waals surface area contributed by atoms with Crippen molar-refractivity contribution in [1.29, 1.82) is 0 Å². The molecule has 100 valence electrons. The number of nitrogens with one attached hydrogen (secondary N) is 1. The first-order valence-corrected chi connectivity index (χ1v) is 6.42. The summed E-state index contributed by atoms with van der Waals surface area (Å²) in [5.74, 6) is 0.0274. The lowest BCUT2D eigenvalue weighted by Gasteiger charge is -2.17. The van der Waals surface area contributed by atoms with Crippen molar-refractivity contribution in [1.82, 2.24) is 5.32 Å². The van der Waals surface area contributed by atoms with Crippen LogP contribution in [0.5, 0.6) is 0 Å². The molecule has 0 aliphatic rings. The van der Waals surface area contributed by atoms with E-state index in [1.54, 1.807) is 7.05 Å². The van der Waals surface area contributed by atoms with Crippen molar-refractivity contribution in [2.24, 2.45) is 0 Å². The number of aliphatic hydroxyl groups is 1. The van der Waals surface area contributed by atoms with Crippen LogP contribution in [0.15, 0.2) is 12.1 Å². The Balaban J connectivity index is 2.67. The van der Waals surface area contributed by atoms with Gasteiger partial charge in [0.25, 0.3) is 0 Å². The molecule has 0 fully saturated rings. The second-order valence-corrected chi connectivity index (χ2v) is 4.89. The number of aliphatic hydroxyl groups excluding tert-OH is 1. The summed E-state index contributed by atoms with van der Waals surface area (Å²) in [6, 6.07) is 4.18. The molecule has 1 unspecified atom stereocenters. The van der Waals surface area contributed by atoms with Gasteiger partial charge in [-0.15, -0.1) is 0 Å². The van der Waals surface area contributed by atoms with Crippen molar-refractivity contribution in [2.75, 3.05) is 7.05 Å². The van der Waals surface area contributed by atoms with Crippen LogP contribution in [0, 0.1) is 20.8 Å². The smallest absolute Gasteiger partial charge is 0.219 e. The van der Waals surface area contributed by atoms with Crippen molar-refractivity contribution in [3.63, 3.8) is 0 Å². The molecule has 0 radical (unpaired) electrons. The van der Waals surface area contributed by atoms with Crippen LogP contribution >= 0.6 is 0 Å². The number of carbonyl (C=O) groups is 1. The number of aryl methyl sites for hydroxylation is 3. The van der Waals surface area contributed by atoms with Gasteiger partial charge in [-0.2, -0.15) is 0 Å². The van der Waals surface area contributed by atoms with E-state index in [-0.39, 0.29) is 5.91 Å². The van der Waals surface area contributed by atoms with Gasteiger partial charge in [0, 0.05) is 13.5 Å². The van der Waals surface area contributed by atoms with Gasteiger partial charge in [0.1, 0.15) is 0 Å². The van der Waals surface area contributed by atoms with E-state index in [9.17, 15) is 9.90 Å². The van der Waals surface area contributed by atoms with Crippen LogP contribution in [0.4, 0.5) is 0 Å². The maximum Gasteiger partial charge on any atom is 0.219 e. The van der Waals surface area contributed by atoms with E-state index in [4.69, 9.17) is 0 Å². The van der Waals surface area contributed by atoms with Crippen LogP contribution in [0.25, 0.3) is 0 Å². The molecule has 0 aliphatic carbocycles. The lowest BCUT2D eigenvalue weighted by atomic mass is 9.93. The lowest BCUT2D eigenvalue weighted by molar-refractivity contribution is -0.120. The number of carbonyl (C=O) groups excluding carboxylic acids is 1. The Morgan fingerprint density at radius 2 is 1.83 bits per heavy atom. The molecule has 1 aromatic carbocycles. The largest absolute Gasteiger partial charge is 0.388 e. The first kappa shape index (κ1) is 14.7. The molecule has 2 N–H and O–H groups in total. The van der Waals surface area contributed by atoms with Gasteiger partial charge in [0.15, 0.2) is 0 Å². The Hall–Kier alpha value is -1.35. The maximum absolute atomic E-state index is 11.1. The molecule has 0 heterocycles. The second-order valence-electron chi connectivity index (χ2n) is 4.89. The van der Waals surface area contributed by atoms with Gasteiger partial charge in [-0.05, 0) is 50.3 Å². The molecule has 0 saturated heterocycles. The summed E-state index contributed by atoms with van der Waals surface area (Å²) in [6.07, 6.45) is 1.32. The summed E-state index contributed by atoms with van der Waals surface area (Å²) in [5.41, 5.74) is 4.48. The number of amides is 1. The fourth-order valence-corrected chi connectivity index (χ4v) is 2.44. The van der Waals surface area contributed by atoms with Crippen LogP contribution in [-0.2, 0) is 4.79 Å². The third-order valence-electron chi connectivity index (χ3n) is 3.23. The molecule has 1 amide bonds. The van der Waals surface area contributed by atoms with Gasteiger partial charge in [0.2, 0.25) is 5.91 Å². The highest BCUT2D eigenvalue weighted by atomic mass is 16.3. The molecule has 0 saturated carbocycles. The molecular formula is C15H23NO2. The molecule has 0 spiro atoms. The Morgan fingerprint density at radius 3 is 2.33 bits per heavy atom. The van der Waals surface area contributed by atoms with E-state index in [1.807, 2.05) is 13.8 Å². The minimum absolute atomic E-state index is 0.0274. The molecule has 1 aromatic rings. The van der Waals surface area contributed by atoms with E-state index in [2.05, 4.69) is 24.4 Å². The summed E-state index contributed by atoms with van der Waals surface area (Å²) in [4.78, 5) is 11.1. The minimum atomic E-state index is -0.477. The highest BCUT2D eigenvalue weighted by Crippen LogP contribution is 2.26. The highest BCUT2D eigenvalue weighted by molar-refractivity contribution is 5.75. The molecule has 0 bridgehead atoms. The number of rotatable bonds is 5. The molecule has 3 heteroatoms. The fourth-order valence-electron chi connectivity index (χ4n) is 2.44. The molecule has 1 rings (SSSR count). The van der Waals surface area contributed by atoms with E-state index in [0.717, 1.165) is 16.7 Å². The summed E-state index contributed by atoms with van der Waals surface area (Å²) < 4.78 is 0. The van der Waals surface area contributed by atoms with Gasteiger partial charge in [0.05, 0.1) is 6.10 Å². The SMILES string of the molecule is CNC(=O)CCCC(O)c1c(C)cc(C)cc1C. The first-order valence-electron chi connectivity index (χ1n) is 6.42. The van der Waals surface area contributed by atoms with Crippen LogP contribution < -0.4 is 5.32 Å². The number of hydrogen-bond donors (Lipinski definition) is 2. The maximum atomic E-state index is 11.1. The van der Waals surface area contributed by atoms with Crippen molar-refractivity contribution < 1.29 is 9.90 Å². The van der Waals surface area contributed by atoms with Gasteiger partial charge < -0.3 is 10.4 Å². The van der Waals surface area contributed by atoms with Crippen LogP contribution in [0.2, 0.25) is 0 Å². The zero-order chi connectivity index (χ0) is 13.7. The fraction of sp³-hybridized carbons (Fsp3) is 0.533. The third-order valence-corrected chi connectivity index (χ3v) is 3.23. The third kappa shape index (κ3) is 3.84. The summed E-state index contributed by atoms with van der Waals surface area (Å²) >= 11 is 0. The zero-order valence-corrected chi connectivity index (χ0v) is 11.7. The Kier molecular flexibility index (Phi) is 5.35. The molecule has 3 nitrogen and oxygen atoms in total. The summed E-state index contributed by atoms with van der Waals surface area (Å²) in [6.45, 7) is 6.11. The summed E-state index contributed by atoms with van der Waals surface area (Å²) in [5, 5.41) is 12.8. The molecule has 1 atom stereocenters. The van der Waals surface area contributed by atoms with E-state index in [1.165, 1.54) is 5.56 Å². The predicted molar refractivity (Wildman–Crippen MR) is 73.5 cm³/mol.